The van der Waals surface area contributed by atoms with Gasteiger partial charge < -0.3 is 19.4 Å². The Morgan fingerprint density at radius 2 is 1.78 bits per heavy atom. The minimum absolute atomic E-state index is 0.215. The number of carbonyl (C=O) groups is 1. The van der Waals surface area contributed by atoms with Crippen molar-refractivity contribution in [3.8, 4) is 0 Å². The molecule has 0 aliphatic heterocycles. The van der Waals surface area contributed by atoms with Gasteiger partial charge in [0.15, 0.2) is 5.76 Å². The fourth-order valence-electron chi connectivity index (χ4n) is 3.17. The molecule has 0 aliphatic rings. The molecule has 0 radical (unpaired) electrons. The van der Waals surface area contributed by atoms with E-state index in [9.17, 15) is 4.79 Å². The standard InChI is InChI=1S/C22H26N2O3/c1-4-26-15-19-18-11-7-8-12-20(18)27-21(19)22(25)23-13-16-9-5-6-10-17(16)14-24(2)3/h5-12H,4,13-15H2,1-3H3,(H,23,25)/p+1. The molecule has 1 heterocycles. The lowest BCUT2D eigenvalue weighted by Crippen LogP contribution is -3.04. The monoisotopic (exact) mass is 367 g/mol. The summed E-state index contributed by atoms with van der Waals surface area (Å²) in [6, 6.07) is 15.9. The van der Waals surface area contributed by atoms with Crippen molar-refractivity contribution < 1.29 is 18.8 Å². The Labute approximate surface area is 159 Å². The summed E-state index contributed by atoms with van der Waals surface area (Å²) in [5.74, 6) is 0.119. The number of ether oxygens (including phenoxy) is 1. The SMILES string of the molecule is CCOCc1c(C(=O)NCc2ccccc2C[NH+](C)C)oc2ccccc12. The molecule has 0 saturated carbocycles. The molecule has 0 atom stereocenters. The van der Waals surface area contributed by atoms with E-state index in [1.807, 2.05) is 43.3 Å². The Balaban J connectivity index is 1.81. The fraction of sp³-hybridized carbons (Fsp3) is 0.318. The summed E-state index contributed by atoms with van der Waals surface area (Å²) in [7, 11) is 4.23. The van der Waals surface area contributed by atoms with Gasteiger partial charge in [-0.25, -0.2) is 0 Å². The van der Waals surface area contributed by atoms with Gasteiger partial charge in [0.2, 0.25) is 0 Å². The molecule has 0 fully saturated rings. The molecule has 3 aromatic rings. The minimum atomic E-state index is -0.215. The van der Waals surface area contributed by atoms with Gasteiger partial charge in [0.1, 0.15) is 12.1 Å². The molecule has 0 spiro atoms. The Hall–Kier alpha value is -2.63. The lowest BCUT2D eigenvalue weighted by Gasteiger charge is -2.12. The van der Waals surface area contributed by atoms with Crippen molar-refractivity contribution in [1.29, 1.82) is 0 Å². The number of nitrogens with one attached hydrogen (secondary N) is 2. The normalized spacial score (nSPS) is 11.3. The average Bonchev–Trinajstić information content (AvgIpc) is 3.03. The Morgan fingerprint density at radius 1 is 1.07 bits per heavy atom. The predicted molar refractivity (Wildman–Crippen MR) is 106 cm³/mol. The molecule has 0 bridgehead atoms. The fourth-order valence-corrected chi connectivity index (χ4v) is 3.17. The molecule has 2 N–H and O–H groups in total. The zero-order valence-electron chi connectivity index (χ0n) is 16.2. The number of carbonyl (C=O) groups excluding carboxylic acids is 1. The van der Waals surface area contributed by atoms with E-state index in [0.717, 1.165) is 23.1 Å². The number of hydrogen-bond donors (Lipinski definition) is 2. The number of fused-ring (bicyclic) bond motifs is 1. The molecule has 27 heavy (non-hydrogen) atoms. The molecular weight excluding hydrogens is 340 g/mol. The van der Waals surface area contributed by atoms with Crippen molar-refractivity contribution in [1.82, 2.24) is 5.32 Å². The summed E-state index contributed by atoms with van der Waals surface area (Å²) in [5, 5.41) is 3.93. The van der Waals surface area contributed by atoms with Crippen LogP contribution >= 0.6 is 0 Å². The molecule has 5 heteroatoms. The second-order valence-electron chi connectivity index (χ2n) is 6.88. The first-order valence-corrected chi connectivity index (χ1v) is 9.32. The van der Waals surface area contributed by atoms with Crippen molar-refractivity contribution >= 4 is 16.9 Å². The minimum Gasteiger partial charge on any atom is -0.451 e. The number of para-hydroxylation sites is 1. The van der Waals surface area contributed by atoms with E-state index >= 15 is 0 Å². The third kappa shape index (κ3) is 4.56. The van der Waals surface area contributed by atoms with Gasteiger partial charge in [-0.15, -0.1) is 0 Å². The van der Waals surface area contributed by atoms with Crippen molar-refractivity contribution in [2.75, 3.05) is 20.7 Å². The molecule has 0 saturated heterocycles. The van der Waals surface area contributed by atoms with Crippen molar-refractivity contribution in [3.63, 3.8) is 0 Å². The lowest BCUT2D eigenvalue weighted by atomic mass is 10.1. The van der Waals surface area contributed by atoms with Crippen LogP contribution in [0.5, 0.6) is 0 Å². The Bertz CT molecular complexity index is 915. The smallest absolute Gasteiger partial charge is 0.287 e. The Kier molecular flexibility index (Phi) is 6.27. The van der Waals surface area contributed by atoms with E-state index in [1.54, 1.807) is 0 Å². The summed E-state index contributed by atoms with van der Waals surface area (Å²) in [6.45, 7) is 4.25. The first kappa shape index (κ1) is 19.1. The lowest BCUT2D eigenvalue weighted by molar-refractivity contribution is -0.872. The van der Waals surface area contributed by atoms with Gasteiger partial charge in [-0.2, -0.15) is 0 Å². The number of quaternary nitrogens is 1. The van der Waals surface area contributed by atoms with E-state index in [-0.39, 0.29) is 5.91 Å². The molecule has 1 amide bonds. The quantitative estimate of drug-likeness (QED) is 0.643. The Morgan fingerprint density at radius 3 is 2.52 bits per heavy atom. The number of hydrogen-bond acceptors (Lipinski definition) is 3. The van der Waals surface area contributed by atoms with Crippen molar-refractivity contribution in [2.45, 2.75) is 26.6 Å². The molecular formula is C22H27N2O3+. The second-order valence-corrected chi connectivity index (χ2v) is 6.88. The van der Waals surface area contributed by atoms with Gasteiger partial charge in [0.25, 0.3) is 5.91 Å². The third-order valence-corrected chi connectivity index (χ3v) is 4.46. The van der Waals surface area contributed by atoms with E-state index in [1.165, 1.54) is 10.5 Å². The van der Waals surface area contributed by atoms with Crippen LogP contribution in [0, 0.1) is 0 Å². The highest BCUT2D eigenvalue weighted by atomic mass is 16.5. The average molecular weight is 367 g/mol. The molecule has 5 nitrogen and oxygen atoms in total. The van der Waals surface area contributed by atoms with Gasteiger partial charge in [-0.05, 0) is 18.6 Å². The summed E-state index contributed by atoms with van der Waals surface area (Å²) < 4.78 is 11.4. The van der Waals surface area contributed by atoms with Gasteiger partial charge in [-0.1, -0.05) is 42.5 Å². The van der Waals surface area contributed by atoms with Gasteiger partial charge in [-0.3, -0.25) is 4.79 Å². The maximum Gasteiger partial charge on any atom is 0.287 e. The highest BCUT2D eigenvalue weighted by Crippen LogP contribution is 2.26. The summed E-state index contributed by atoms with van der Waals surface area (Å²) >= 11 is 0. The first-order chi connectivity index (χ1) is 13.1. The number of benzene rings is 2. The van der Waals surface area contributed by atoms with Crippen LogP contribution in [0.15, 0.2) is 52.9 Å². The summed E-state index contributed by atoms with van der Waals surface area (Å²) in [5.41, 5.74) is 3.86. The largest absolute Gasteiger partial charge is 0.451 e. The topological polar surface area (TPSA) is 55.9 Å². The van der Waals surface area contributed by atoms with Crippen LogP contribution in [0.1, 0.15) is 34.2 Å². The van der Waals surface area contributed by atoms with E-state index in [2.05, 4.69) is 31.5 Å². The van der Waals surface area contributed by atoms with E-state index in [4.69, 9.17) is 9.15 Å². The molecule has 0 unspecified atom stereocenters. The molecule has 2 aromatic carbocycles. The molecule has 3 rings (SSSR count). The van der Waals surface area contributed by atoms with Gasteiger partial charge in [0.05, 0.1) is 20.7 Å². The van der Waals surface area contributed by atoms with Crippen LogP contribution in [0.25, 0.3) is 11.0 Å². The van der Waals surface area contributed by atoms with Crippen LogP contribution in [0.3, 0.4) is 0 Å². The summed E-state index contributed by atoms with van der Waals surface area (Å²) in [6.07, 6.45) is 0. The zero-order valence-corrected chi connectivity index (χ0v) is 16.2. The predicted octanol–water partition coefficient (Wildman–Crippen LogP) is 2.54. The first-order valence-electron chi connectivity index (χ1n) is 9.32. The maximum absolute atomic E-state index is 12.8. The van der Waals surface area contributed by atoms with Crippen LogP contribution in [0.2, 0.25) is 0 Å². The number of rotatable bonds is 8. The summed E-state index contributed by atoms with van der Waals surface area (Å²) in [4.78, 5) is 14.2. The van der Waals surface area contributed by atoms with E-state index in [0.29, 0.717) is 31.1 Å². The van der Waals surface area contributed by atoms with Crippen molar-refractivity contribution in [2.24, 2.45) is 0 Å². The maximum atomic E-state index is 12.8. The highest BCUT2D eigenvalue weighted by molar-refractivity contribution is 5.99. The number of furan rings is 1. The third-order valence-electron chi connectivity index (χ3n) is 4.46. The zero-order chi connectivity index (χ0) is 19.2. The van der Waals surface area contributed by atoms with Crippen LogP contribution < -0.4 is 10.2 Å². The molecule has 1 aromatic heterocycles. The van der Waals surface area contributed by atoms with Gasteiger partial charge >= 0.3 is 0 Å². The van der Waals surface area contributed by atoms with Crippen LogP contribution in [0.4, 0.5) is 0 Å². The van der Waals surface area contributed by atoms with E-state index < -0.39 is 0 Å². The van der Waals surface area contributed by atoms with Crippen LogP contribution in [-0.2, 0) is 24.4 Å². The second kappa shape index (κ2) is 8.84. The molecule has 142 valence electrons. The van der Waals surface area contributed by atoms with Gasteiger partial charge in [0, 0.05) is 29.7 Å². The highest BCUT2D eigenvalue weighted by Gasteiger charge is 2.20. The van der Waals surface area contributed by atoms with Crippen LogP contribution in [-0.4, -0.2) is 26.6 Å². The van der Waals surface area contributed by atoms with Crippen molar-refractivity contribution in [3.05, 3.63) is 71.0 Å². The molecule has 0 aliphatic carbocycles. The number of amides is 1.